The van der Waals surface area contributed by atoms with Gasteiger partial charge in [0.1, 0.15) is 35.5 Å². The molecule has 134 valence electrons. The van der Waals surface area contributed by atoms with E-state index in [2.05, 4.69) is 10.4 Å². The summed E-state index contributed by atoms with van der Waals surface area (Å²) in [6, 6.07) is 11.9. The molecule has 7 N–H and O–H groups in total. The summed E-state index contributed by atoms with van der Waals surface area (Å²) in [4.78, 5) is 3.91. The number of nitrogens with zero attached hydrogens (tertiary/aromatic N) is 1. The minimum absolute atomic E-state index is 0.105. The van der Waals surface area contributed by atoms with E-state index in [4.69, 9.17) is 22.0 Å². The van der Waals surface area contributed by atoms with Crippen LogP contribution in [0.3, 0.4) is 0 Å². The van der Waals surface area contributed by atoms with E-state index in [0.29, 0.717) is 11.1 Å². The molecule has 0 unspecified atom stereocenters. The quantitative estimate of drug-likeness (QED) is 0.412. The Balaban J connectivity index is 1.87. The number of hydrogen-bond donors (Lipinski definition) is 4. The first-order chi connectivity index (χ1) is 12.5. The maximum Gasteiger partial charge on any atom is 0.169 e. The van der Waals surface area contributed by atoms with Crippen molar-refractivity contribution in [2.45, 2.75) is 6.61 Å². The smallest absolute Gasteiger partial charge is 0.169 e. The summed E-state index contributed by atoms with van der Waals surface area (Å²) in [5, 5.41) is 0. The fourth-order valence-electron chi connectivity index (χ4n) is 2.47. The van der Waals surface area contributed by atoms with Crippen LogP contribution in [0.15, 0.2) is 48.5 Å². The highest BCUT2D eigenvalue weighted by molar-refractivity contribution is 5.71. The molecular weight excluding hydrogens is 340 g/mol. The van der Waals surface area contributed by atoms with E-state index in [1.165, 1.54) is 24.3 Å². The molecule has 1 aromatic heterocycles. The second kappa shape index (κ2) is 7.24. The van der Waals surface area contributed by atoms with Crippen LogP contribution in [0.25, 0.3) is 11.1 Å². The van der Waals surface area contributed by atoms with Crippen LogP contribution in [0.1, 0.15) is 5.56 Å². The van der Waals surface area contributed by atoms with Crippen molar-refractivity contribution >= 4 is 17.3 Å². The number of nitrogens with one attached hydrogen (secondary N) is 1. The maximum atomic E-state index is 14.1. The van der Waals surface area contributed by atoms with E-state index in [9.17, 15) is 8.78 Å². The van der Waals surface area contributed by atoms with Gasteiger partial charge < -0.3 is 21.6 Å². The average Bonchev–Trinajstić information content (AvgIpc) is 2.63. The Morgan fingerprint density at radius 1 is 1.00 bits per heavy atom. The molecule has 0 fully saturated rings. The van der Waals surface area contributed by atoms with Gasteiger partial charge in [-0.2, -0.15) is 0 Å². The molecule has 0 spiro atoms. The average molecular weight is 357 g/mol. The lowest BCUT2D eigenvalue weighted by molar-refractivity contribution is 0.301. The summed E-state index contributed by atoms with van der Waals surface area (Å²) in [5.74, 6) is 5.03. The van der Waals surface area contributed by atoms with E-state index < -0.39 is 5.82 Å². The van der Waals surface area contributed by atoms with E-state index in [-0.39, 0.29) is 41.1 Å². The number of benzene rings is 2. The van der Waals surface area contributed by atoms with Crippen LogP contribution < -0.4 is 27.5 Å². The first-order valence-electron chi connectivity index (χ1n) is 7.67. The Kier molecular flexibility index (Phi) is 4.85. The lowest BCUT2D eigenvalue weighted by Gasteiger charge is -2.13. The van der Waals surface area contributed by atoms with Gasteiger partial charge in [0, 0.05) is 11.6 Å². The van der Waals surface area contributed by atoms with Crippen LogP contribution in [0, 0.1) is 11.6 Å². The summed E-state index contributed by atoms with van der Waals surface area (Å²) in [7, 11) is 0. The summed E-state index contributed by atoms with van der Waals surface area (Å²) in [6.45, 7) is -0.105. The van der Waals surface area contributed by atoms with Gasteiger partial charge in [-0.1, -0.05) is 18.2 Å². The topological polar surface area (TPSA) is 112 Å². The molecule has 0 aliphatic rings. The highest BCUT2D eigenvalue weighted by Crippen LogP contribution is 2.31. The second-order valence-electron chi connectivity index (χ2n) is 5.56. The van der Waals surface area contributed by atoms with Gasteiger partial charge in [-0.3, -0.25) is 0 Å². The first kappa shape index (κ1) is 17.4. The Hall–Kier alpha value is -3.39. The molecule has 0 saturated heterocycles. The highest BCUT2D eigenvalue weighted by atomic mass is 19.1. The molecule has 0 aliphatic heterocycles. The van der Waals surface area contributed by atoms with Gasteiger partial charge >= 0.3 is 0 Å². The Morgan fingerprint density at radius 2 is 1.77 bits per heavy atom. The normalized spacial score (nSPS) is 10.6. The van der Waals surface area contributed by atoms with Gasteiger partial charge in [-0.05, 0) is 35.4 Å². The van der Waals surface area contributed by atoms with Crippen LogP contribution in [-0.2, 0) is 6.61 Å². The van der Waals surface area contributed by atoms with E-state index in [0.717, 1.165) is 0 Å². The summed E-state index contributed by atoms with van der Waals surface area (Å²) < 4.78 is 33.1. The van der Waals surface area contributed by atoms with E-state index in [1.807, 2.05) is 0 Å². The number of rotatable bonds is 5. The van der Waals surface area contributed by atoms with Gasteiger partial charge in [-0.15, -0.1) is 0 Å². The molecule has 0 bridgehead atoms. The van der Waals surface area contributed by atoms with Crippen LogP contribution >= 0.6 is 0 Å². The fraction of sp³-hybridized carbons (Fsp3) is 0.0556. The number of ether oxygens (including phenoxy) is 1. The SMILES string of the molecule is NNc1nc(N)cc(OCc2cc(-c3cccc(F)c3)ccc2F)c1N. The van der Waals surface area contributed by atoms with Crippen molar-refractivity contribution < 1.29 is 13.5 Å². The standard InChI is InChI=1S/C18H17F2N5O/c19-13-3-1-2-10(7-13)11-4-5-14(20)12(6-11)9-26-15-8-16(21)24-18(25-23)17(15)22/h1-8H,9,22-23H2,(H3,21,24,25). The third-order valence-corrected chi connectivity index (χ3v) is 3.76. The number of nitrogen functional groups attached to an aromatic ring is 3. The molecule has 3 rings (SSSR count). The maximum absolute atomic E-state index is 14.1. The number of hydrazine groups is 1. The van der Waals surface area contributed by atoms with Gasteiger partial charge in [-0.25, -0.2) is 19.6 Å². The third kappa shape index (κ3) is 3.65. The molecule has 0 aliphatic carbocycles. The van der Waals surface area contributed by atoms with Crippen LogP contribution in [-0.4, -0.2) is 4.98 Å². The van der Waals surface area contributed by atoms with E-state index in [1.54, 1.807) is 24.3 Å². The highest BCUT2D eigenvalue weighted by Gasteiger charge is 2.12. The predicted molar refractivity (Wildman–Crippen MR) is 97.0 cm³/mol. The molecule has 2 aromatic carbocycles. The Morgan fingerprint density at radius 3 is 2.50 bits per heavy atom. The predicted octanol–water partition coefficient (Wildman–Crippen LogP) is 3.06. The second-order valence-corrected chi connectivity index (χ2v) is 5.56. The summed E-state index contributed by atoms with van der Waals surface area (Å²) >= 11 is 0. The monoisotopic (exact) mass is 357 g/mol. The zero-order chi connectivity index (χ0) is 18.7. The Bertz CT molecular complexity index is 949. The molecule has 6 nitrogen and oxygen atoms in total. The molecule has 3 aromatic rings. The molecule has 0 saturated carbocycles. The number of hydrogen-bond acceptors (Lipinski definition) is 6. The summed E-state index contributed by atoms with van der Waals surface area (Å²) in [6.07, 6.45) is 0. The number of anilines is 3. The number of nitrogens with two attached hydrogens (primary N) is 3. The molecular formula is C18H17F2N5O. The van der Waals surface area contributed by atoms with E-state index >= 15 is 0 Å². The fourth-order valence-corrected chi connectivity index (χ4v) is 2.47. The van der Waals surface area contributed by atoms with Crippen molar-refractivity contribution in [3.8, 4) is 16.9 Å². The van der Waals surface area contributed by atoms with Crippen LogP contribution in [0.5, 0.6) is 5.75 Å². The number of aromatic nitrogens is 1. The first-order valence-corrected chi connectivity index (χ1v) is 7.67. The van der Waals surface area contributed by atoms with Crippen molar-refractivity contribution in [3.63, 3.8) is 0 Å². The minimum Gasteiger partial charge on any atom is -0.486 e. The molecule has 1 heterocycles. The van der Waals surface area contributed by atoms with Crippen molar-refractivity contribution in [3.05, 3.63) is 65.7 Å². The molecule has 0 radical (unpaired) electrons. The molecule has 0 atom stereocenters. The summed E-state index contributed by atoms with van der Waals surface area (Å²) in [5.41, 5.74) is 15.6. The van der Waals surface area contributed by atoms with Gasteiger partial charge in [0.2, 0.25) is 0 Å². The van der Waals surface area contributed by atoms with Crippen molar-refractivity contribution in [2.24, 2.45) is 5.84 Å². The van der Waals surface area contributed by atoms with Crippen molar-refractivity contribution in [2.75, 3.05) is 16.9 Å². The molecule has 26 heavy (non-hydrogen) atoms. The largest absolute Gasteiger partial charge is 0.486 e. The van der Waals surface area contributed by atoms with Gasteiger partial charge in [0.15, 0.2) is 5.82 Å². The van der Waals surface area contributed by atoms with Gasteiger partial charge in [0.25, 0.3) is 0 Å². The molecule has 0 amide bonds. The van der Waals surface area contributed by atoms with Crippen molar-refractivity contribution in [1.29, 1.82) is 0 Å². The van der Waals surface area contributed by atoms with Crippen LogP contribution in [0.4, 0.5) is 26.1 Å². The number of pyridine rings is 1. The lowest BCUT2D eigenvalue weighted by Crippen LogP contribution is -2.13. The number of halogens is 2. The zero-order valence-electron chi connectivity index (χ0n) is 13.7. The lowest BCUT2D eigenvalue weighted by atomic mass is 10.0. The third-order valence-electron chi connectivity index (χ3n) is 3.76. The van der Waals surface area contributed by atoms with Crippen molar-refractivity contribution in [1.82, 2.24) is 4.98 Å². The van der Waals surface area contributed by atoms with Gasteiger partial charge in [0.05, 0.1) is 0 Å². The molecule has 8 heteroatoms. The zero-order valence-corrected chi connectivity index (χ0v) is 13.7. The van der Waals surface area contributed by atoms with Crippen LogP contribution in [0.2, 0.25) is 0 Å². The minimum atomic E-state index is -0.456. The Labute approximate surface area is 148 Å².